The van der Waals surface area contributed by atoms with E-state index in [0.29, 0.717) is 6.10 Å². The number of nitrogens with one attached hydrogen (secondary N) is 1. The molecule has 0 aliphatic heterocycles. The third kappa shape index (κ3) is 2.27. The fourth-order valence-corrected chi connectivity index (χ4v) is 1.20. The maximum Gasteiger partial charge on any atom is 0.0723 e. The summed E-state index contributed by atoms with van der Waals surface area (Å²) in [7, 11) is 1.81. The van der Waals surface area contributed by atoms with Gasteiger partial charge in [-0.2, -0.15) is 0 Å². The molecule has 1 unspecified atom stereocenters. The number of likely N-dealkylation sites (N-methyl/N-ethyl adjacent to an activating group) is 1. The normalized spacial score (nSPS) is 21.0. The molecule has 0 aromatic carbocycles. The van der Waals surface area contributed by atoms with Gasteiger partial charge in [-0.25, -0.2) is 0 Å². The summed E-state index contributed by atoms with van der Waals surface area (Å²) in [6.07, 6.45) is 3.20. The van der Waals surface area contributed by atoms with Gasteiger partial charge < -0.3 is 10.1 Å². The van der Waals surface area contributed by atoms with Gasteiger partial charge in [0.05, 0.1) is 6.10 Å². The second-order valence-corrected chi connectivity index (χ2v) is 2.92. The molecule has 0 aromatic rings. The lowest BCUT2D eigenvalue weighted by molar-refractivity contribution is 0.0844. The summed E-state index contributed by atoms with van der Waals surface area (Å²) >= 11 is 0. The Bertz CT molecular complexity index is 91.3. The number of rotatable bonds is 5. The van der Waals surface area contributed by atoms with Crippen LogP contribution in [0.5, 0.6) is 0 Å². The summed E-state index contributed by atoms with van der Waals surface area (Å²) < 4.78 is 5.31. The maximum absolute atomic E-state index is 5.31. The van der Waals surface area contributed by atoms with Crippen molar-refractivity contribution in [3.8, 4) is 0 Å². The fourth-order valence-electron chi connectivity index (χ4n) is 1.20. The van der Waals surface area contributed by atoms with Gasteiger partial charge in [0.1, 0.15) is 0 Å². The van der Waals surface area contributed by atoms with Crippen LogP contribution in [-0.2, 0) is 4.74 Å². The fraction of sp³-hybridized carbons (Fsp3) is 1.00. The van der Waals surface area contributed by atoms with E-state index in [0.717, 1.165) is 19.0 Å². The van der Waals surface area contributed by atoms with Crippen LogP contribution >= 0.6 is 0 Å². The molecule has 1 atom stereocenters. The molecule has 0 spiro atoms. The lowest BCUT2D eigenvalue weighted by Crippen LogP contribution is -2.29. The quantitative estimate of drug-likeness (QED) is 0.620. The minimum absolute atomic E-state index is 0.472. The molecule has 2 nitrogen and oxygen atoms in total. The Morgan fingerprint density at radius 1 is 1.60 bits per heavy atom. The van der Waals surface area contributed by atoms with E-state index >= 15 is 0 Å². The van der Waals surface area contributed by atoms with E-state index in [2.05, 4.69) is 12.2 Å². The lowest BCUT2D eigenvalue weighted by atomic mass is 10.2. The van der Waals surface area contributed by atoms with Crippen molar-refractivity contribution in [3.63, 3.8) is 0 Å². The van der Waals surface area contributed by atoms with Crippen LogP contribution in [0.2, 0.25) is 0 Å². The monoisotopic (exact) mass is 143 g/mol. The van der Waals surface area contributed by atoms with Gasteiger partial charge in [-0.05, 0) is 25.3 Å². The number of hydrogen-bond acceptors (Lipinski definition) is 2. The van der Waals surface area contributed by atoms with E-state index < -0.39 is 0 Å². The molecular weight excluding hydrogens is 126 g/mol. The van der Waals surface area contributed by atoms with Gasteiger partial charge in [-0.15, -0.1) is 0 Å². The van der Waals surface area contributed by atoms with Crippen LogP contribution in [0.1, 0.15) is 19.8 Å². The van der Waals surface area contributed by atoms with Gasteiger partial charge in [-0.1, -0.05) is 6.92 Å². The average molecular weight is 143 g/mol. The Hall–Kier alpha value is -0.0800. The van der Waals surface area contributed by atoms with Crippen molar-refractivity contribution < 1.29 is 4.74 Å². The van der Waals surface area contributed by atoms with Gasteiger partial charge in [0.25, 0.3) is 0 Å². The molecule has 10 heavy (non-hydrogen) atoms. The van der Waals surface area contributed by atoms with Crippen molar-refractivity contribution in [3.05, 3.63) is 0 Å². The topological polar surface area (TPSA) is 21.3 Å². The molecular formula is C8H17NO. The van der Waals surface area contributed by atoms with E-state index in [1.54, 1.807) is 7.11 Å². The van der Waals surface area contributed by atoms with E-state index in [9.17, 15) is 0 Å². The second-order valence-electron chi connectivity index (χ2n) is 2.92. The Morgan fingerprint density at radius 3 is 2.70 bits per heavy atom. The smallest absolute Gasteiger partial charge is 0.0723 e. The van der Waals surface area contributed by atoms with Crippen LogP contribution in [0.4, 0.5) is 0 Å². The maximum atomic E-state index is 5.31. The first-order valence-corrected chi connectivity index (χ1v) is 4.12. The molecule has 1 aliphatic rings. The Labute approximate surface area is 63.0 Å². The highest BCUT2D eigenvalue weighted by Crippen LogP contribution is 2.33. The van der Waals surface area contributed by atoms with Crippen molar-refractivity contribution in [1.82, 2.24) is 5.32 Å². The molecule has 0 amide bonds. The summed E-state index contributed by atoms with van der Waals surface area (Å²) in [6.45, 7) is 4.20. The molecule has 0 radical (unpaired) electrons. The molecule has 1 fully saturated rings. The standard InChI is InChI=1S/C8H17NO/c1-3-9-6-8(10-2)7-4-5-7/h7-9H,3-6H2,1-2H3. The first-order chi connectivity index (χ1) is 4.88. The average Bonchev–Trinajstić information content (AvgIpc) is 2.73. The third-order valence-corrected chi connectivity index (χ3v) is 2.05. The van der Waals surface area contributed by atoms with Gasteiger partial charge in [0, 0.05) is 13.7 Å². The molecule has 1 saturated carbocycles. The van der Waals surface area contributed by atoms with Crippen molar-refractivity contribution in [2.75, 3.05) is 20.2 Å². The highest BCUT2D eigenvalue weighted by atomic mass is 16.5. The number of ether oxygens (including phenoxy) is 1. The molecule has 1 aliphatic carbocycles. The first kappa shape index (κ1) is 8.02. The van der Waals surface area contributed by atoms with Crippen molar-refractivity contribution in [1.29, 1.82) is 0 Å². The van der Waals surface area contributed by atoms with Crippen molar-refractivity contribution >= 4 is 0 Å². The van der Waals surface area contributed by atoms with Gasteiger partial charge in [0.15, 0.2) is 0 Å². The summed E-state index contributed by atoms with van der Waals surface area (Å²) in [5.74, 6) is 0.851. The zero-order chi connectivity index (χ0) is 7.40. The molecule has 0 bridgehead atoms. The highest BCUT2D eigenvalue weighted by Gasteiger charge is 2.30. The van der Waals surface area contributed by atoms with E-state index in [1.807, 2.05) is 0 Å². The molecule has 60 valence electrons. The second kappa shape index (κ2) is 3.94. The first-order valence-electron chi connectivity index (χ1n) is 4.12. The van der Waals surface area contributed by atoms with E-state index in [4.69, 9.17) is 4.74 Å². The summed E-state index contributed by atoms with van der Waals surface area (Å²) in [5, 5.41) is 3.30. The third-order valence-electron chi connectivity index (χ3n) is 2.05. The molecule has 2 heteroatoms. The van der Waals surface area contributed by atoms with Crippen LogP contribution in [0.3, 0.4) is 0 Å². The van der Waals surface area contributed by atoms with Crippen LogP contribution in [0, 0.1) is 5.92 Å². The number of hydrogen-bond donors (Lipinski definition) is 1. The number of methoxy groups -OCH3 is 1. The summed E-state index contributed by atoms with van der Waals surface area (Å²) in [4.78, 5) is 0. The molecule has 0 heterocycles. The Balaban J connectivity index is 2.07. The van der Waals surface area contributed by atoms with Crippen LogP contribution in [0.25, 0.3) is 0 Å². The lowest BCUT2D eigenvalue weighted by Gasteiger charge is -2.13. The van der Waals surface area contributed by atoms with E-state index in [-0.39, 0.29) is 0 Å². The minimum atomic E-state index is 0.472. The van der Waals surface area contributed by atoms with Crippen molar-refractivity contribution in [2.24, 2.45) is 5.92 Å². The Kier molecular flexibility index (Phi) is 3.16. The van der Waals surface area contributed by atoms with Gasteiger partial charge >= 0.3 is 0 Å². The van der Waals surface area contributed by atoms with E-state index in [1.165, 1.54) is 12.8 Å². The van der Waals surface area contributed by atoms with Crippen LogP contribution in [-0.4, -0.2) is 26.3 Å². The van der Waals surface area contributed by atoms with Crippen molar-refractivity contribution in [2.45, 2.75) is 25.9 Å². The van der Waals surface area contributed by atoms with Crippen LogP contribution < -0.4 is 5.32 Å². The predicted octanol–water partition coefficient (Wildman–Crippen LogP) is 1.02. The molecule has 0 aromatic heterocycles. The molecule has 1 N–H and O–H groups in total. The largest absolute Gasteiger partial charge is 0.380 e. The molecule has 0 saturated heterocycles. The van der Waals surface area contributed by atoms with Crippen LogP contribution in [0.15, 0.2) is 0 Å². The zero-order valence-corrected chi connectivity index (χ0v) is 6.89. The highest BCUT2D eigenvalue weighted by molar-refractivity contribution is 4.82. The summed E-state index contributed by atoms with van der Waals surface area (Å²) in [6, 6.07) is 0. The van der Waals surface area contributed by atoms with Gasteiger partial charge in [-0.3, -0.25) is 0 Å². The summed E-state index contributed by atoms with van der Waals surface area (Å²) in [5.41, 5.74) is 0. The van der Waals surface area contributed by atoms with Gasteiger partial charge in [0.2, 0.25) is 0 Å². The predicted molar refractivity (Wildman–Crippen MR) is 42.1 cm³/mol. The Morgan fingerprint density at radius 2 is 2.30 bits per heavy atom. The zero-order valence-electron chi connectivity index (χ0n) is 6.89. The SMILES string of the molecule is CCNCC(OC)C1CC1. The molecule has 1 rings (SSSR count). The minimum Gasteiger partial charge on any atom is -0.380 e.